The molecule has 2 heterocycles. The number of nitrogens with zero attached hydrogens (tertiary/aromatic N) is 1. The number of nitrogens with two attached hydrogens (primary N) is 1. The van der Waals surface area contributed by atoms with E-state index in [1.54, 1.807) is 6.92 Å². The fourth-order valence-electron chi connectivity index (χ4n) is 2.18. The lowest BCUT2D eigenvalue weighted by molar-refractivity contribution is -0.110. The van der Waals surface area contributed by atoms with Crippen molar-refractivity contribution < 1.29 is 9.53 Å². The molecule has 1 saturated heterocycles. The summed E-state index contributed by atoms with van der Waals surface area (Å²) in [5, 5.41) is 2.62. The van der Waals surface area contributed by atoms with E-state index in [4.69, 9.17) is 10.5 Å². The smallest absolute Gasteiger partial charge is 0.330 e. The summed E-state index contributed by atoms with van der Waals surface area (Å²) in [5.41, 5.74) is 5.02. The van der Waals surface area contributed by atoms with Crippen LogP contribution in [0.4, 0.5) is 0 Å². The van der Waals surface area contributed by atoms with Crippen LogP contribution >= 0.6 is 0 Å². The van der Waals surface area contributed by atoms with Crippen molar-refractivity contribution in [2.45, 2.75) is 31.7 Å². The van der Waals surface area contributed by atoms with Crippen LogP contribution in [0.25, 0.3) is 0 Å². The molecule has 1 aliphatic heterocycles. The first-order chi connectivity index (χ1) is 9.06. The molecule has 0 bridgehead atoms. The zero-order valence-electron chi connectivity index (χ0n) is 10.5. The number of nitrogens with one attached hydrogen (secondary N) is 2. The van der Waals surface area contributed by atoms with Crippen LogP contribution in [0.5, 0.6) is 0 Å². The lowest BCUT2D eigenvalue weighted by Crippen LogP contribution is -2.39. The fraction of sp³-hybridized carbons (Fsp3) is 0.545. The molecule has 0 saturated carbocycles. The number of aromatic nitrogens is 2. The first-order valence-corrected chi connectivity index (χ1v) is 5.94. The average molecular weight is 268 g/mol. The summed E-state index contributed by atoms with van der Waals surface area (Å²) in [6.07, 6.45) is 1.55. The van der Waals surface area contributed by atoms with Crippen molar-refractivity contribution in [2.75, 3.05) is 6.54 Å². The number of aryl methyl sites for hydroxylation is 1. The Labute approximate surface area is 108 Å². The second kappa shape index (κ2) is 5.37. The highest BCUT2D eigenvalue weighted by Crippen LogP contribution is 2.26. The topological polar surface area (TPSA) is 119 Å². The molecule has 8 heteroatoms. The Morgan fingerprint density at radius 1 is 1.63 bits per heavy atom. The largest absolute Gasteiger partial charge is 0.353 e. The molecule has 19 heavy (non-hydrogen) atoms. The van der Waals surface area contributed by atoms with Gasteiger partial charge < -0.3 is 15.8 Å². The van der Waals surface area contributed by atoms with E-state index in [1.807, 2.05) is 0 Å². The molecule has 3 atom stereocenters. The van der Waals surface area contributed by atoms with E-state index in [0.717, 1.165) is 0 Å². The van der Waals surface area contributed by atoms with Crippen molar-refractivity contribution in [1.29, 1.82) is 0 Å². The number of rotatable bonds is 4. The van der Waals surface area contributed by atoms with Crippen molar-refractivity contribution in [3.63, 3.8) is 0 Å². The number of carbonyl (C=O) groups excluding carboxylic acids is 1. The quantitative estimate of drug-likeness (QED) is 0.557. The number of hydrogen-bond acceptors (Lipinski definition) is 5. The van der Waals surface area contributed by atoms with Gasteiger partial charge in [0.05, 0.1) is 12.1 Å². The summed E-state index contributed by atoms with van der Waals surface area (Å²) in [4.78, 5) is 35.8. The van der Waals surface area contributed by atoms with E-state index in [1.165, 1.54) is 10.8 Å². The maximum absolute atomic E-state index is 11.7. The molecule has 1 aromatic rings. The van der Waals surface area contributed by atoms with Crippen LogP contribution in [0.2, 0.25) is 0 Å². The van der Waals surface area contributed by atoms with Crippen LogP contribution in [0.15, 0.2) is 15.8 Å². The van der Waals surface area contributed by atoms with Gasteiger partial charge in [-0.2, -0.15) is 0 Å². The maximum atomic E-state index is 11.7. The first kappa shape index (κ1) is 13.5. The Morgan fingerprint density at radius 3 is 3.00 bits per heavy atom. The molecule has 4 N–H and O–H groups in total. The molecule has 1 aromatic heterocycles. The molecule has 1 amide bonds. The number of amides is 1. The molecular weight excluding hydrogens is 252 g/mol. The predicted molar refractivity (Wildman–Crippen MR) is 66.6 cm³/mol. The van der Waals surface area contributed by atoms with Gasteiger partial charge in [-0.15, -0.1) is 0 Å². The Kier molecular flexibility index (Phi) is 3.82. The molecule has 0 aliphatic carbocycles. The summed E-state index contributed by atoms with van der Waals surface area (Å²) < 4.78 is 6.94. The summed E-state index contributed by atoms with van der Waals surface area (Å²) in [7, 11) is 0. The zero-order chi connectivity index (χ0) is 14.0. The first-order valence-electron chi connectivity index (χ1n) is 5.94. The van der Waals surface area contributed by atoms with Gasteiger partial charge in [0.25, 0.3) is 5.56 Å². The highest BCUT2D eigenvalue weighted by atomic mass is 16.5. The Morgan fingerprint density at radius 2 is 2.37 bits per heavy atom. The minimum Gasteiger partial charge on any atom is -0.353 e. The minimum absolute atomic E-state index is 0.235. The summed E-state index contributed by atoms with van der Waals surface area (Å²) in [6.45, 7) is 1.84. The Balaban J connectivity index is 2.29. The summed E-state index contributed by atoms with van der Waals surface area (Å²) >= 11 is 0. The molecule has 0 aromatic carbocycles. The van der Waals surface area contributed by atoms with Crippen LogP contribution in [0.1, 0.15) is 18.2 Å². The highest BCUT2D eigenvalue weighted by Gasteiger charge is 2.35. The van der Waals surface area contributed by atoms with Crippen LogP contribution < -0.4 is 22.3 Å². The van der Waals surface area contributed by atoms with Crippen molar-refractivity contribution in [1.82, 2.24) is 14.9 Å². The van der Waals surface area contributed by atoms with E-state index < -0.39 is 17.5 Å². The van der Waals surface area contributed by atoms with Crippen molar-refractivity contribution in [3.8, 4) is 0 Å². The van der Waals surface area contributed by atoms with Gasteiger partial charge in [-0.1, -0.05) is 0 Å². The number of hydrogen-bond donors (Lipinski definition) is 3. The maximum Gasteiger partial charge on any atom is 0.330 e. The lowest BCUT2D eigenvalue weighted by Gasteiger charge is -2.15. The van der Waals surface area contributed by atoms with Crippen molar-refractivity contribution >= 4 is 6.41 Å². The van der Waals surface area contributed by atoms with E-state index in [9.17, 15) is 14.4 Å². The van der Waals surface area contributed by atoms with E-state index in [2.05, 4.69) is 10.3 Å². The van der Waals surface area contributed by atoms with Gasteiger partial charge in [-0.25, -0.2) is 4.79 Å². The Hall–Kier alpha value is -1.93. The number of carbonyl (C=O) groups is 1. The zero-order valence-corrected chi connectivity index (χ0v) is 10.5. The van der Waals surface area contributed by atoms with Gasteiger partial charge >= 0.3 is 5.69 Å². The molecule has 1 aliphatic rings. The molecule has 104 valence electrons. The molecular formula is C11H16N4O4. The standard InChI is InChI=1S/C11H16N4O4/c1-6-4-15(11(18)14-10(6)17)9-2-7(13-5-16)8(3-12)19-9/h4-5,7-9H,2-3,12H2,1H3,(H,13,16)(H,14,17,18)/t7-,8+,9+/m0/s1. The molecule has 0 unspecified atom stereocenters. The average Bonchev–Trinajstić information content (AvgIpc) is 2.77. The van der Waals surface area contributed by atoms with Gasteiger partial charge in [0.15, 0.2) is 0 Å². The molecule has 0 radical (unpaired) electrons. The SMILES string of the molecule is Cc1cn([C@H]2C[C@H](NC=O)[C@@H](CN)O2)c(=O)[nH]c1=O. The minimum atomic E-state index is -0.547. The molecule has 0 spiro atoms. The van der Waals surface area contributed by atoms with E-state index >= 15 is 0 Å². The molecule has 1 fully saturated rings. The number of H-pyrrole nitrogens is 1. The highest BCUT2D eigenvalue weighted by molar-refractivity contribution is 5.47. The second-order valence-electron chi connectivity index (χ2n) is 4.47. The van der Waals surface area contributed by atoms with E-state index in [0.29, 0.717) is 18.4 Å². The fourth-order valence-corrected chi connectivity index (χ4v) is 2.18. The summed E-state index contributed by atoms with van der Waals surface area (Å²) in [6, 6.07) is -0.244. The van der Waals surface area contributed by atoms with Gasteiger partial charge in [-0.3, -0.25) is 19.1 Å². The third-order valence-electron chi connectivity index (χ3n) is 3.21. The van der Waals surface area contributed by atoms with Gasteiger partial charge in [0.2, 0.25) is 6.41 Å². The van der Waals surface area contributed by atoms with Gasteiger partial charge in [-0.05, 0) is 6.92 Å². The lowest BCUT2D eigenvalue weighted by atomic mass is 10.1. The number of ether oxygens (including phenoxy) is 1. The Bertz CT molecular complexity index is 579. The van der Waals surface area contributed by atoms with Crippen molar-refractivity contribution in [2.24, 2.45) is 5.73 Å². The van der Waals surface area contributed by atoms with Gasteiger partial charge in [0.1, 0.15) is 6.23 Å². The molecule has 2 rings (SSSR count). The van der Waals surface area contributed by atoms with Crippen molar-refractivity contribution in [3.05, 3.63) is 32.6 Å². The van der Waals surface area contributed by atoms with Crippen LogP contribution in [0, 0.1) is 6.92 Å². The normalized spacial score (nSPS) is 26.3. The van der Waals surface area contributed by atoms with E-state index in [-0.39, 0.29) is 18.7 Å². The van der Waals surface area contributed by atoms with Gasteiger partial charge in [0, 0.05) is 24.7 Å². The predicted octanol–water partition coefficient (Wildman–Crippen LogP) is -1.79. The summed E-state index contributed by atoms with van der Waals surface area (Å²) in [5.74, 6) is 0. The third kappa shape index (κ3) is 2.59. The molecule has 8 nitrogen and oxygen atoms in total. The number of aromatic amines is 1. The van der Waals surface area contributed by atoms with Crippen LogP contribution in [-0.2, 0) is 9.53 Å². The second-order valence-corrected chi connectivity index (χ2v) is 4.47. The third-order valence-corrected chi connectivity index (χ3v) is 3.21. The monoisotopic (exact) mass is 268 g/mol. The van der Waals surface area contributed by atoms with Crippen LogP contribution in [-0.4, -0.2) is 34.7 Å². The van der Waals surface area contributed by atoms with Crippen LogP contribution in [0.3, 0.4) is 0 Å².